The van der Waals surface area contributed by atoms with E-state index in [1.54, 1.807) is 18.0 Å². The molecule has 0 aliphatic rings. The predicted octanol–water partition coefficient (Wildman–Crippen LogP) is 3.42. The van der Waals surface area contributed by atoms with Crippen molar-refractivity contribution in [1.29, 1.82) is 0 Å². The van der Waals surface area contributed by atoms with Crippen LogP contribution in [0, 0.1) is 0 Å². The maximum atomic E-state index is 12.2. The van der Waals surface area contributed by atoms with Crippen LogP contribution in [0.2, 0.25) is 0 Å². The average Bonchev–Trinajstić information content (AvgIpc) is 3.03. The number of unbranched alkanes of at least 4 members (excludes halogenated alkanes) is 2. The number of aryl methyl sites for hydroxylation is 1. The van der Waals surface area contributed by atoms with Crippen LogP contribution in [0.1, 0.15) is 50.3 Å². The minimum absolute atomic E-state index is 0.0376. The second-order valence-corrected chi connectivity index (χ2v) is 6.45. The lowest BCUT2D eigenvalue weighted by molar-refractivity contribution is -0.121. The first-order chi connectivity index (χ1) is 12.5. The fourth-order valence-corrected chi connectivity index (χ4v) is 2.73. The Kier molecular flexibility index (Phi) is 7.51. The van der Waals surface area contributed by atoms with Gasteiger partial charge in [0.05, 0.1) is 32.4 Å². The van der Waals surface area contributed by atoms with Crippen molar-refractivity contribution in [2.24, 2.45) is 7.05 Å². The molecule has 0 radical (unpaired) electrons. The van der Waals surface area contributed by atoms with Gasteiger partial charge in [-0.1, -0.05) is 25.8 Å². The normalized spacial score (nSPS) is 11.8. The molecule has 1 aromatic heterocycles. The van der Waals surface area contributed by atoms with Crippen LogP contribution in [0.25, 0.3) is 0 Å². The molecule has 0 saturated heterocycles. The summed E-state index contributed by atoms with van der Waals surface area (Å²) in [4.78, 5) is 12.2. The summed E-state index contributed by atoms with van der Waals surface area (Å²) >= 11 is 0. The highest BCUT2D eigenvalue weighted by Gasteiger charge is 2.14. The van der Waals surface area contributed by atoms with Crippen molar-refractivity contribution < 1.29 is 14.3 Å². The SMILES string of the molecule is CCCCCOc1ccc(C(C)NC(=O)Cc2cnn(C)c2)cc1OC. The molecule has 1 atom stereocenters. The van der Waals surface area contributed by atoms with Crippen molar-refractivity contribution in [3.05, 3.63) is 41.7 Å². The first-order valence-electron chi connectivity index (χ1n) is 9.11. The third-order valence-corrected chi connectivity index (χ3v) is 4.19. The topological polar surface area (TPSA) is 65.4 Å². The summed E-state index contributed by atoms with van der Waals surface area (Å²) in [5.41, 5.74) is 1.87. The molecule has 0 fully saturated rings. The van der Waals surface area contributed by atoms with Crippen LogP contribution in [-0.4, -0.2) is 29.4 Å². The molecule has 1 heterocycles. The third-order valence-electron chi connectivity index (χ3n) is 4.19. The molecule has 1 N–H and O–H groups in total. The summed E-state index contributed by atoms with van der Waals surface area (Å²) in [5, 5.41) is 7.09. The van der Waals surface area contributed by atoms with E-state index in [1.807, 2.05) is 38.4 Å². The van der Waals surface area contributed by atoms with Crippen molar-refractivity contribution in [3.63, 3.8) is 0 Å². The fourth-order valence-electron chi connectivity index (χ4n) is 2.73. The molecule has 1 unspecified atom stereocenters. The molecule has 2 aromatic rings. The summed E-state index contributed by atoms with van der Waals surface area (Å²) in [6.45, 7) is 4.80. The first kappa shape index (κ1) is 19.8. The van der Waals surface area contributed by atoms with Crippen molar-refractivity contribution in [3.8, 4) is 11.5 Å². The Bertz CT molecular complexity index is 712. The van der Waals surface area contributed by atoms with Gasteiger partial charge in [-0.3, -0.25) is 9.48 Å². The number of ether oxygens (including phenoxy) is 2. The maximum absolute atomic E-state index is 12.2. The Morgan fingerprint density at radius 3 is 2.77 bits per heavy atom. The number of hydrogen-bond acceptors (Lipinski definition) is 4. The Labute approximate surface area is 155 Å². The molecule has 1 aromatic carbocycles. The van der Waals surface area contributed by atoms with Crippen molar-refractivity contribution in [1.82, 2.24) is 15.1 Å². The molecule has 0 bridgehead atoms. The van der Waals surface area contributed by atoms with Crippen LogP contribution < -0.4 is 14.8 Å². The Morgan fingerprint density at radius 1 is 1.31 bits per heavy atom. The van der Waals surface area contributed by atoms with Gasteiger partial charge in [0.25, 0.3) is 0 Å². The molecule has 1 amide bonds. The lowest BCUT2D eigenvalue weighted by atomic mass is 10.1. The molecule has 0 aliphatic heterocycles. The summed E-state index contributed by atoms with van der Waals surface area (Å²) in [6, 6.07) is 5.67. The van der Waals surface area contributed by atoms with Crippen molar-refractivity contribution >= 4 is 5.91 Å². The van der Waals surface area contributed by atoms with E-state index in [1.165, 1.54) is 0 Å². The highest BCUT2D eigenvalue weighted by Crippen LogP contribution is 2.30. The van der Waals surface area contributed by atoms with Gasteiger partial charge >= 0.3 is 0 Å². The average molecular weight is 359 g/mol. The van der Waals surface area contributed by atoms with Gasteiger partial charge in [-0.15, -0.1) is 0 Å². The molecule has 142 valence electrons. The first-order valence-corrected chi connectivity index (χ1v) is 9.11. The number of aromatic nitrogens is 2. The van der Waals surface area contributed by atoms with Gasteiger partial charge in [-0.25, -0.2) is 0 Å². The van der Waals surface area contributed by atoms with E-state index in [2.05, 4.69) is 17.3 Å². The molecule has 26 heavy (non-hydrogen) atoms. The van der Waals surface area contributed by atoms with E-state index in [0.29, 0.717) is 18.8 Å². The van der Waals surface area contributed by atoms with E-state index in [-0.39, 0.29) is 11.9 Å². The highest BCUT2D eigenvalue weighted by atomic mass is 16.5. The monoisotopic (exact) mass is 359 g/mol. The minimum atomic E-state index is -0.123. The quantitative estimate of drug-likeness (QED) is 0.660. The van der Waals surface area contributed by atoms with E-state index in [4.69, 9.17) is 9.47 Å². The number of carbonyl (C=O) groups is 1. The standard InChI is InChI=1S/C20H29N3O3/c1-5-6-7-10-26-18-9-8-17(12-19(18)25-4)15(2)22-20(24)11-16-13-21-23(3)14-16/h8-9,12-15H,5-7,10-11H2,1-4H3,(H,22,24). The summed E-state index contributed by atoms with van der Waals surface area (Å²) in [7, 11) is 3.46. The largest absolute Gasteiger partial charge is 0.493 e. The van der Waals surface area contributed by atoms with Gasteiger partial charge in [0.1, 0.15) is 0 Å². The number of nitrogens with zero attached hydrogens (tertiary/aromatic N) is 2. The smallest absolute Gasteiger partial charge is 0.225 e. The van der Waals surface area contributed by atoms with Crippen molar-refractivity contribution in [2.45, 2.75) is 45.6 Å². The van der Waals surface area contributed by atoms with E-state index in [9.17, 15) is 4.79 Å². The summed E-state index contributed by atoms with van der Waals surface area (Å²) < 4.78 is 12.9. The van der Waals surface area contributed by atoms with Gasteiger partial charge in [-0.05, 0) is 36.6 Å². The Morgan fingerprint density at radius 2 is 2.12 bits per heavy atom. The molecule has 6 nitrogen and oxygen atoms in total. The van der Waals surface area contributed by atoms with Crippen LogP contribution in [-0.2, 0) is 18.3 Å². The summed E-state index contributed by atoms with van der Waals surface area (Å²) in [5.74, 6) is 1.39. The fraction of sp³-hybridized carbons (Fsp3) is 0.500. The minimum Gasteiger partial charge on any atom is -0.493 e. The number of nitrogens with one attached hydrogen (secondary N) is 1. The molecular formula is C20H29N3O3. The Hall–Kier alpha value is -2.50. The second kappa shape index (κ2) is 9.85. The highest BCUT2D eigenvalue weighted by molar-refractivity contribution is 5.78. The van der Waals surface area contributed by atoms with Crippen molar-refractivity contribution in [2.75, 3.05) is 13.7 Å². The zero-order chi connectivity index (χ0) is 18.9. The lowest BCUT2D eigenvalue weighted by Gasteiger charge is -2.17. The molecular weight excluding hydrogens is 330 g/mol. The zero-order valence-corrected chi connectivity index (χ0v) is 16.1. The van der Waals surface area contributed by atoms with E-state index in [0.717, 1.165) is 36.1 Å². The maximum Gasteiger partial charge on any atom is 0.225 e. The van der Waals surface area contributed by atoms with E-state index >= 15 is 0 Å². The van der Waals surface area contributed by atoms with E-state index < -0.39 is 0 Å². The summed E-state index contributed by atoms with van der Waals surface area (Å²) in [6.07, 6.45) is 7.21. The number of carbonyl (C=O) groups excluding carboxylic acids is 1. The number of benzene rings is 1. The zero-order valence-electron chi connectivity index (χ0n) is 16.1. The second-order valence-electron chi connectivity index (χ2n) is 6.45. The number of rotatable bonds is 10. The third kappa shape index (κ3) is 5.79. The molecule has 6 heteroatoms. The van der Waals surface area contributed by atoms with Crippen LogP contribution >= 0.6 is 0 Å². The molecule has 0 spiro atoms. The molecule has 2 rings (SSSR count). The number of amides is 1. The van der Waals surface area contributed by atoms with Gasteiger partial charge in [0, 0.05) is 13.2 Å². The van der Waals surface area contributed by atoms with Gasteiger partial charge in [0.2, 0.25) is 5.91 Å². The van der Waals surface area contributed by atoms with Gasteiger partial charge in [-0.2, -0.15) is 5.10 Å². The molecule has 0 saturated carbocycles. The Balaban J connectivity index is 1.95. The lowest BCUT2D eigenvalue weighted by Crippen LogP contribution is -2.28. The number of hydrogen-bond donors (Lipinski definition) is 1. The molecule has 0 aliphatic carbocycles. The van der Waals surface area contributed by atoms with Crippen LogP contribution in [0.4, 0.5) is 0 Å². The van der Waals surface area contributed by atoms with Crippen LogP contribution in [0.5, 0.6) is 11.5 Å². The van der Waals surface area contributed by atoms with Crippen LogP contribution in [0.3, 0.4) is 0 Å². The predicted molar refractivity (Wildman–Crippen MR) is 101 cm³/mol. The van der Waals surface area contributed by atoms with Gasteiger partial charge in [0.15, 0.2) is 11.5 Å². The van der Waals surface area contributed by atoms with Gasteiger partial charge < -0.3 is 14.8 Å². The van der Waals surface area contributed by atoms with Crippen LogP contribution in [0.15, 0.2) is 30.6 Å². The number of methoxy groups -OCH3 is 1.